The summed E-state index contributed by atoms with van der Waals surface area (Å²) >= 11 is 0. The zero-order chi connectivity index (χ0) is 17.6. The van der Waals surface area contributed by atoms with Crippen LogP contribution in [0.1, 0.15) is 25.7 Å². The first kappa shape index (κ1) is 17.6. The molecule has 0 spiro atoms. The van der Waals surface area contributed by atoms with Crippen molar-refractivity contribution in [2.24, 2.45) is 0 Å². The lowest BCUT2D eigenvalue weighted by molar-refractivity contribution is 0.205. The number of hydrogen-bond acceptors (Lipinski definition) is 4. The van der Waals surface area contributed by atoms with Crippen molar-refractivity contribution in [3.05, 3.63) is 36.4 Å². The van der Waals surface area contributed by atoms with Gasteiger partial charge in [-0.3, -0.25) is 0 Å². The molecule has 0 amide bonds. The molecule has 2 aromatic carbocycles. The summed E-state index contributed by atoms with van der Waals surface area (Å²) in [7, 11) is 0. The van der Waals surface area contributed by atoms with Crippen LogP contribution >= 0.6 is 0 Å². The Morgan fingerprint density at radius 3 is 2.42 bits per heavy atom. The van der Waals surface area contributed by atoms with Crippen molar-refractivity contribution in [2.45, 2.75) is 25.7 Å². The first-order valence-electron chi connectivity index (χ1n) is 10.2. The molecule has 1 N–H and O–H groups in total. The summed E-state index contributed by atoms with van der Waals surface area (Å²) in [4.78, 5) is 5.07. The van der Waals surface area contributed by atoms with E-state index in [1.165, 1.54) is 48.8 Å². The molecular formula is C22H31N3O. The summed E-state index contributed by atoms with van der Waals surface area (Å²) < 4.78 is 6.20. The number of nitrogens with zero attached hydrogens (tertiary/aromatic N) is 2. The summed E-state index contributed by atoms with van der Waals surface area (Å²) in [5, 5.41) is 5.98. The van der Waals surface area contributed by atoms with Gasteiger partial charge in [-0.1, -0.05) is 30.7 Å². The molecule has 0 aliphatic carbocycles. The number of anilines is 1. The number of piperidine rings is 1. The minimum absolute atomic E-state index is 0.799. The van der Waals surface area contributed by atoms with Crippen LogP contribution in [0.3, 0.4) is 0 Å². The van der Waals surface area contributed by atoms with Gasteiger partial charge in [0, 0.05) is 49.2 Å². The molecule has 2 fully saturated rings. The smallest absolute Gasteiger partial charge is 0.127 e. The van der Waals surface area contributed by atoms with E-state index in [2.05, 4.69) is 51.5 Å². The highest BCUT2D eigenvalue weighted by molar-refractivity contribution is 5.98. The van der Waals surface area contributed by atoms with Gasteiger partial charge in [0.05, 0.1) is 6.61 Å². The number of benzene rings is 2. The zero-order valence-corrected chi connectivity index (χ0v) is 15.8. The maximum Gasteiger partial charge on any atom is 0.127 e. The van der Waals surface area contributed by atoms with Crippen LogP contribution in [-0.2, 0) is 0 Å². The minimum atomic E-state index is 0.799. The van der Waals surface area contributed by atoms with E-state index in [9.17, 15) is 0 Å². The van der Waals surface area contributed by atoms with Gasteiger partial charge in [-0.05, 0) is 44.5 Å². The SMILES string of the molecule is c1ccc2c(N3CCNCC3)ccc(OCCCN3CCCCC3)c2c1. The third kappa shape index (κ3) is 4.13. The lowest BCUT2D eigenvalue weighted by Crippen LogP contribution is -2.43. The predicted octanol–water partition coefficient (Wildman–Crippen LogP) is 3.50. The Morgan fingerprint density at radius 1 is 0.846 bits per heavy atom. The van der Waals surface area contributed by atoms with Gasteiger partial charge in [-0.25, -0.2) is 0 Å². The summed E-state index contributed by atoms with van der Waals surface area (Å²) in [6, 6.07) is 13.1. The van der Waals surface area contributed by atoms with E-state index < -0.39 is 0 Å². The zero-order valence-electron chi connectivity index (χ0n) is 15.8. The van der Waals surface area contributed by atoms with Crippen LogP contribution in [0.4, 0.5) is 5.69 Å². The topological polar surface area (TPSA) is 27.7 Å². The molecule has 4 nitrogen and oxygen atoms in total. The van der Waals surface area contributed by atoms with E-state index in [4.69, 9.17) is 4.74 Å². The quantitative estimate of drug-likeness (QED) is 0.805. The highest BCUT2D eigenvalue weighted by Crippen LogP contribution is 2.34. The molecule has 0 bridgehead atoms. The molecule has 2 heterocycles. The van der Waals surface area contributed by atoms with E-state index in [-0.39, 0.29) is 0 Å². The van der Waals surface area contributed by atoms with E-state index >= 15 is 0 Å². The van der Waals surface area contributed by atoms with Crippen LogP contribution in [-0.4, -0.2) is 57.3 Å². The summed E-state index contributed by atoms with van der Waals surface area (Å²) in [6.45, 7) is 8.75. The Morgan fingerprint density at radius 2 is 1.62 bits per heavy atom. The first-order valence-corrected chi connectivity index (χ1v) is 10.2. The highest BCUT2D eigenvalue weighted by atomic mass is 16.5. The van der Waals surface area contributed by atoms with Gasteiger partial charge in [-0.15, -0.1) is 0 Å². The Hall–Kier alpha value is -1.78. The van der Waals surface area contributed by atoms with E-state index in [1.54, 1.807) is 0 Å². The number of piperazine rings is 1. The molecule has 2 aliphatic heterocycles. The van der Waals surface area contributed by atoms with Crippen molar-refractivity contribution in [2.75, 3.05) is 57.3 Å². The summed E-state index contributed by atoms with van der Waals surface area (Å²) in [5.41, 5.74) is 1.34. The number of likely N-dealkylation sites (tertiary alicyclic amines) is 1. The van der Waals surface area contributed by atoms with Gasteiger partial charge in [0.1, 0.15) is 5.75 Å². The van der Waals surface area contributed by atoms with Crippen molar-refractivity contribution >= 4 is 16.5 Å². The second-order valence-electron chi connectivity index (χ2n) is 7.47. The predicted molar refractivity (Wildman–Crippen MR) is 109 cm³/mol. The molecule has 4 heteroatoms. The standard InChI is InChI=1S/C22H31N3O/c1-4-13-24(14-5-1)15-6-18-26-22-10-9-21(25-16-11-23-12-17-25)19-7-2-3-8-20(19)22/h2-3,7-10,23H,1,4-6,11-18H2. The van der Waals surface area contributed by atoms with Crippen LogP contribution in [0.5, 0.6) is 5.75 Å². The van der Waals surface area contributed by atoms with E-state index in [0.29, 0.717) is 0 Å². The Balaban J connectivity index is 1.42. The second-order valence-corrected chi connectivity index (χ2v) is 7.47. The lowest BCUT2D eigenvalue weighted by Gasteiger charge is -2.30. The molecule has 140 valence electrons. The van der Waals surface area contributed by atoms with Gasteiger partial charge in [0.25, 0.3) is 0 Å². The van der Waals surface area contributed by atoms with Gasteiger partial charge >= 0.3 is 0 Å². The van der Waals surface area contributed by atoms with Crippen molar-refractivity contribution < 1.29 is 4.74 Å². The van der Waals surface area contributed by atoms with E-state index in [0.717, 1.165) is 51.5 Å². The van der Waals surface area contributed by atoms with E-state index in [1.807, 2.05) is 0 Å². The maximum absolute atomic E-state index is 6.20. The van der Waals surface area contributed by atoms with Gasteiger partial charge in [-0.2, -0.15) is 0 Å². The van der Waals surface area contributed by atoms with Crippen LogP contribution in [0.15, 0.2) is 36.4 Å². The number of ether oxygens (including phenoxy) is 1. The molecule has 0 saturated carbocycles. The average molecular weight is 354 g/mol. The van der Waals surface area contributed by atoms with Crippen molar-refractivity contribution in [3.8, 4) is 5.75 Å². The Labute approximate surface area is 157 Å². The van der Waals surface area contributed by atoms with Crippen molar-refractivity contribution in [1.29, 1.82) is 0 Å². The van der Waals surface area contributed by atoms with Gasteiger partial charge in [0.15, 0.2) is 0 Å². The molecule has 0 unspecified atom stereocenters. The number of nitrogens with one attached hydrogen (secondary N) is 1. The molecule has 26 heavy (non-hydrogen) atoms. The fourth-order valence-electron chi connectivity index (χ4n) is 4.22. The second kappa shape index (κ2) is 8.74. The van der Waals surface area contributed by atoms with Crippen molar-refractivity contribution in [3.63, 3.8) is 0 Å². The fraction of sp³-hybridized carbons (Fsp3) is 0.545. The molecular weight excluding hydrogens is 322 g/mol. The van der Waals surface area contributed by atoms with Crippen LogP contribution in [0.2, 0.25) is 0 Å². The third-order valence-electron chi connectivity index (χ3n) is 5.64. The molecule has 0 radical (unpaired) electrons. The van der Waals surface area contributed by atoms with Crippen LogP contribution in [0, 0.1) is 0 Å². The summed E-state index contributed by atoms with van der Waals surface area (Å²) in [5.74, 6) is 1.03. The number of fused-ring (bicyclic) bond motifs is 1. The van der Waals surface area contributed by atoms with Crippen molar-refractivity contribution in [1.82, 2.24) is 10.2 Å². The molecule has 2 aromatic rings. The van der Waals surface area contributed by atoms with Gasteiger partial charge < -0.3 is 19.9 Å². The largest absolute Gasteiger partial charge is 0.493 e. The Bertz CT molecular complexity index is 706. The number of hydrogen-bond donors (Lipinski definition) is 1. The molecule has 0 atom stereocenters. The third-order valence-corrected chi connectivity index (χ3v) is 5.64. The molecule has 4 rings (SSSR count). The maximum atomic E-state index is 6.20. The average Bonchev–Trinajstić information content (AvgIpc) is 2.72. The molecule has 2 aliphatic rings. The minimum Gasteiger partial charge on any atom is -0.493 e. The normalized spacial score (nSPS) is 19.0. The summed E-state index contributed by atoms with van der Waals surface area (Å²) in [6.07, 6.45) is 5.23. The molecule has 2 saturated heterocycles. The van der Waals surface area contributed by atoms with Crippen LogP contribution in [0.25, 0.3) is 10.8 Å². The Kier molecular flexibility index (Phi) is 5.92. The lowest BCUT2D eigenvalue weighted by atomic mass is 10.1. The van der Waals surface area contributed by atoms with Crippen LogP contribution < -0.4 is 15.0 Å². The number of rotatable bonds is 6. The van der Waals surface area contributed by atoms with Gasteiger partial charge in [0.2, 0.25) is 0 Å². The molecule has 0 aromatic heterocycles. The fourth-order valence-corrected chi connectivity index (χ4v) is 4.22. The monoisotopic (exact) mass is 353 g/mol. The first-order chi connectivity index (χ1) is 12.9. The highest BCUT2D eigenvalue weighted by Gasteiger charge is 2.15.